The minimum absolute atomic E-state index is 0.0633. The van der Waals surface area contributed by atoms with Crippen LogP contribution >= 0.6 is 15.9 Å². The number of nitrogens with two attached hydrogens (primary N) is 1. The summed E-state index contributed by atoms with van der Waals surface area (Å²) in [7, 11) is 0. The molecule has 2 aromatic heterocycles. The van der Waals surface area contributed by atoms with E-state index in [-0.39, 0.29) is 18.4 Å². The molecular formula is C15H18BrN5O5. The maximum atomic E-state index is 11.2. The van der Waals surface area contributed by atoms with E-state index in [0.717, 1.165) is 0 Å². The predicted octanol–water partition coefficient (Wildman–Crippen LogP) is 1.15. The monoisotopic (exact) mass is 427 g/mol. The lowest BCUT2D eigenvalue weighted by Crippen LogP contribution is -2.33. The Morgan fingerprint density at radius 3 is 2.85 bits per heavy atom. The Morgan fingerprint density at radius 2 is 2.12 bits per heavy atom. The van der Waals surface area contributed by atoms with Gasteiger partial charge in [-0.3, -0.25) is 9.36 Å². The van der Waals surface area contributed by atoms with E-state index < -0.39 is 30.3 Å². The number of imidazole rings is 1. The van der Waals surface area contributed by atoms with Gasteiger partial charge in [0.15, 0.2) is 33.7 Å². The van der Waals surface area contributed by atoms with Gasteiger partial charge in [-0.15, -0.1) is 0 Å². The van der Waals surface area contributed by atoms with Gasteiger partial charge in [0.25, 0.3) is 0 Å². The van der Waals surface area contributed by atoms with Crippen molar-refractivity contribution >= 4 is 38.9 Å². The first-order chi connectivity index (χ1) is 12.3. The van der Waals surface area contributed by atoms with Crippen LogP contribution in [0, 0.1) is 0 Å². The number of carbonyl (C=O) groups is 1. The van der Waals surface area contributed by atoms with E-state index in [0.29, 0.717) is 15.9 Å². The van der Waals surface area contributed by atoms with Gasteiger partial charge in [0.2, 0.25) is 0 Å². The van der Waals surface area contributed by atoms with Gasteiger partial charge in [0.05, 0.1) is 0 Å². The molecule has 140 valence electrons. The van der Waals surface area contributed by atoms with Crippen molar-refractivity contribution in [2.45, 2.75) is 51.1 Å². The highest BCUT2D eigenvalue weighted by Gasteiger charge is 2.56. The van der Waals surface area contributed by atoms with Crippen LogP contribution in [0.5, 0.6) is 0 Å². The first-order valence-corrected chi connectivity index (χ1v) is 8.84. The molecule has 11 heteroatoms. The Bertz CT molecular complexity index is 871. The van der Waals surface area contributed by atoms with E-state index in [1.165, 1.54) is 13.3 Å². The minimum atomic E-state index is -0.789. The maximum Gasteiger partial charge on any atom is 0.302 e. The van der Waals surface area contributed by atoms with Crippen molar-refractivity contribution in [1.29, 1.82) is 0 Å². The molecule has 10 nitrogen and oxygen atoms in total. The highest BCUT2D eigenvalue weighted by atomic mass is 79.9. The summed E-state index contributed by atoms with van der Waals surface area (Å²) in [5, 5.41) is 0. The van der Waals surface area contributed by atoms with Crippen LogP contribution in [0.15, 0.2) is 11.1 Å². The zero-order valence-corrected chi connectivity index (χ0v) is 16.0. The molecule has 4 atom stereocenters. The molecule has 0 radical (unpaired) electrons. The Balaban J connectivity index is 1.73. The number of hydrogen-bond acceptors (Lipinski definition) is 9. The molecule has 4 rings (SSSR count). The second kappa shape index (κ2) is 6.12. The molecule has 0 aromatic carbocycles. The van der Waals surface area contributed by atoms with Crippen LogP contribution in [0.2, 0.25) is 0 Å². The average Bonchev–Trinajstić information content (AvgIpc) is 3.14. The molecule has 0 aliphatic carbocycles. The number of aromatic nitrogens is 4. The number of halogens is 1. The third-order valence-corrected chi connectivity index (χ3v) is 4.85. The Kier molecular flexibility index (Phi) is 4.14. The number of nitrogen functional groups attached to an aromatic ring is 1. The van der Waals surface area contributed by atoms with Gasteiger partial charge < -0.3 is 24.7 Å². The number of ether oxygens (including phenoxy) is 4. The van der Waals surface area contributed by atoms with Crippen LogP contribution < -0.4 is 5.73 Å². The standard InChI is InChI=1S/C15H18BrN5O5/c1-6(22)23-4-7-9-10(26-15(2,3)25-9)13(24-7)21-12-8(20-14(21)16)11(17)18-5-19-12/h5,7,9-10,13H,4H2,1-3H3,(H2,17,18,19)/t7-,9-,10-,13-/m1/s1. The van der Waals surface area contributed by atoms with Crippen molar-refractivity contribution in [1.82, 2.24) is 19.5 Å². The van der Waals surface area contributed by atoms with Gasteiger partial charge in [-0.2, -0.15) is 0 Å². The number of rotatable bonds is 3. The molecule has 0 amide bonds. The first kappa shape index (κ1) is 17.6. The number of esters is 1. The second-order valence-corrected chi connectivity index (χ2v) is 7.32. The summed E-state index contributed by atoms with van der Waals surface area (Å²) in [6, 6.07) is 0. The van der Waals surface area contributed by atoms with E-state index in [1.807, 2.05) is 13.8 Å². The SMILES string of the molecule is CC(=O)OC[C@H]1O[C@@H](n2c(Br)nc3c(N)ncnc32)[C@@H]2OC(C)(C)O[C@@H]21. The van der Waals surface area contributed by atoms with E-state index in [4.69, 9.17) is 24.7 Å². The van der Waals surface area contributed by atoms with Crippen molar-refractivity contribution in [2.24, 2.45) is 0 Å². The number of anilines is 1. The van der Waals surface area contributed by atoms with Crippen molar-refractivity contribution in [3.8, 4) is 0 Å². The molecule has 2 aliphatic heterocycles. The number of fused-ring (bicyclic) bond motifs is 2. The Hall–Kier alpha value is -1.82. The number of hydrogen-bond donors (Lipinski definition) is 1. The van der Waals surface area contributed by atoms with Crippen LogP contribution in [0.4, 0.5) is 5.82 Å². The third-order valence-electron chi connectivity index (χ3n) is 4.29. The summed E-state index contributed by atoms with van der Waals surface area (Å²) in [6.07, 6.45) is -0.551. The smallest absolute Gasteiger partial charge is 0.302 e. The molecule has 2 fully saturated rings. The Morgan fingerprint density at radius 1 is 1.38 bits per heavy atom. The highest BCUT2D eigenvalue weighted by Crippen LogP contribution is 2.45. The lowest BCUT2D eigenvalue weighted by molar-refractivity contribution is -0.202. The molecule has 2 saturated heterocycles. The van der Waals surface area contributed by atoms with Gasteiger partial charge in [-0.05, 0) is 29.8 Å². The second-order valence-electron chi connectivity index (χ2n) is 6.61. The maximum absolute atomic E-state index is 11.2. The van der Waals surface area contributed by atoms with Crippen molar-refractivity contribution in [2.75, 3.05) is 12.3 Å². The molecule has 26 heavy (non-hydrogen) atoms. The van der Waals surface area contributed by atoms with E-state index in [9.17, 15) is 4.79 Å². The molecule has 2 aromatic rings. The van der Waals surface area contributed by atoms with E-state index in [2.05, 4.69) is 30.9 Å². The summed E-state index contributed by atoms with van der Waals surface area (Å²) < 4.78 is 25.5. The minimum Gasteiger partial charge on any atom is -0.463 e. The van der Waals surface area contributed by atoms with Crippen LogP contribution in [-0.4, -0.2) is 56.2 Å². The third kappa shape index (κ3) is 2.84. The summed E-state index contributed by atoms with van der Waals surface area (Å²) in [5.74, 6) is -0.908. The fraction of sp³-hybridized carbons (Fsp3) is 0.600. The van der Waals surface area contributed by atoms with Gasteiger partial charge in [0.1, 0.15) is 31.2 Å². The molecule has 0 bridgehead atoms. The van der Waals surface area contributed by atoms with E-state index >= 15 is 0 Å². The van der Waals surface area contributed by atoms with Gasteiger partial charge >= 0.3 is 5.97 Å². The van der Waals surface area contributed by atoms with Gasteiger partial charge in [-0.25, -0.2) is 15.0 Å². The molecule has 2 N–H and O–H groups in total. The quantitative estimate of drug-likeness (QED) is 0.566. The normalized spacial score (nSPS) is 29.8. The van der Waals surface area contributed by atoms with E-state index in [1.54, 1.807) is 4.57 Å². The van der Waals surface area contributed by atoms with Crippen LogP contribution in [0.1, 0.15) is 27.0 Å². The molecule has 0 unspecified atom stereocenters. The summed E-state index contributed by atoms with van der Waals surface area (Å²) in [4.78, 5) is 23.8. The fourth-order valence-electron chi connectivity index (χ4n) is 3.33. The van der Waals surface area contributed by atoms with Crippen LogP contribution in [0.25, 0.3) is 11.2 Å². The molecule has 0 saturated carbocycles. The molecule has 4 heterocycles. The topological polar surface area (TPSA) is 124 Å². The zero-order valence-electron chi connectivity index (χ0n) is 14.4. The molecular weight excluding hydrogens is 410 g/mol. The molecule has 2 aliphatic rings. The lowest BCUT2D eigenvalue weighted by Gasteiger charge is -2.25. The zero-order chi connectivity index (χ0) is 18.6. The predicted molar refractivity (Wildman–Crippen MR) is 91.8 cm³/mol. The van der Waals surface area contributed by atoms with Crippen LogP contribution in [-0.2, 0) is 23.7 Å². The summed E-state index contributed by atoms with van der Waals surface area (Å²) in [6.45, 7) is 5.06. The Labute approximate surface area is 157 Å². The van der Waals surface area contributed by atoms with Gasteiger partial charge in [0, 0.05) is 6.92 Å². The average molecular weight is 428 g/mol. The first-order valence-electron chi connectivity index (χ1n) is 8.05. The van der Waals surface area contributed by atoms with Crippen LogP contribution in [0.3, 0.4) is 0 Å². The molecule has 0 spiro atoms. The lowest BCUT2D eigenvalue weighted by atomic mass is 10.1. The van der Waals surface area contributed by atoms with Gasteiger partial charge in [-0.1, -0.05) is 0 Å². The number of nitrogens with zero attached hydrogens (tertiary/aromatic N) is 4. The highest BCUT2D eigenvalue weighted by molar-refractivity contribution is 9.10. The fourth-order valence-corrected chi connectivity index (χ4v) is 3.87. The largest absolute Gasteiger partial charge is 0.463 e. The summed E-state index contributed by atoms with van der Waals surface area (Å²) >= 11 is 3.43. The number of carbonyl (C=O) groups excluding carboxylic acids is 1. The summed E-state index contributed by atoms with van der Waals surface area (Å²) in [5.41, 5.74) is 6.86. The van der Waals surface area contributed by atoms with Crippen molar-refractivity contribution in [3.05, 3.63) is 11.1 Å². The van der Waals surface area contributed by atoms with Crippen molar-refractivity contribution in [3.63, 3.8) is 0 Å². The van der Waals surface area contributed by atoms with Crippen molar-refractivity contribution < 1.29 is 23.7 Å².